The summed E-state index contributed by atoms with van der Waals surface area (Å²) in [4.78, 5) is 21.6. The van der Waals surface area contributed by atoms with Gasteiger partial charge >= 0.3 is 0 Å². The number of fused-ring (bicyclic) bond motifs is 1. The number of benzene rings is 1. The van der Waals surface area contributed by atoms with Crippen molar-refractivity contribution in [2.24, 2.45) is 0 Å². The first-order valence-electron chi connectivity index (χ1n) is 9.35. The quantitative estimate of drug-likeness (QED) is 0.732. The molecule has 8 nitrogen and oxygen atoms in total. The van der Waals surface area contributed by atoms with Crippen LogP contribution in [0.1, 0.15) is 40.5 Å². The Labute approximate surface area is 168 Å². The van der Waals surface area contributed by atoms with E-state index in [2.05, 4.69) is 20.4 Å². The number of anilines is 1. The van der Waals surface area contributed by atoms with Gasteiger partial charge in [0, 0.05) is 34.9 Å². The van der Waals surface area contributed by atoms with Crippen molar-refractivity contribution in [1.29, 1.82) is 0 Å². The average Bonchev–Trinajstić information content (AvgIpc) is 3.02. The second-order valence-electron chi connectivity index (χ2n) is 7.12. The first-order chi connectivity index (χ1) is 13.9. The SMILES string of the molecule is COc1ccc(OC)c([C@@H]2CC(=O)Nc3c2c(C)nn3-c2nc(C)cc(C)n2)c1. The summed E-state index contributed by atoms with van der Waals surface area (Å²) in [6.45, 7) is 5.74. The molecular weight excluding hydrogens is 370 g/mol. The van der Waals surface area contributed by atoms with Crippen molar-refractivity contribution in [3.05, 3.63) is 52.5 Å². The van der Waals surface area contributed by atoms with Gasteiger partial charge in [0.2, 0.25) is 5.91 Å². The molecule has 0 fully saturated rings. The van der Waals surface area contributed by atoms with Crippen LogP contribution in [0.25, 0.3) is 5.95 Å². The first-order valence-corrected chi connectivity index (χ1v) is 9.35. The number of carbonyl (C=O) groups is 1. The average molecular weight is 393 g/mol. The summed E-state index contributed by atoms with van der Waals surface area (Å²) >= 11 is 0. The van der Waals surface area contributed by atoms with Gasteiger partial charge in [0.25, 0.3) is 5.95 Å². The Morgan fingerprint density at radius 2 is 1.79 bits per heavy atom. The second-order valence-corrected chi connectivity index (χ2v) is 7.12. The monoisotopic (exact) mass is 393 g/mol. The first kappa shape index (κ1) is 18.9. The molecule has 1 N–H and O–H groups in total. The fourth-order valence-corrected chi connectivity index (χ4v) is 3.87. The van der Waals surface area contributed by atoms with Crippen LogP contribution < -0.4 is 14.8 Å². The molecule has 1 aliphatic rings. The van der Waals surface area contributed by atoms with Crippen molar-refractivity contribution in [2.75, 3.05) is 19.5 Å². The number of hydrogen-bond donors (Lipinski definition) is 1. The summed E-state index contributed by atoms with van der Waals surface area (Å²) < 4.78 is 12.6. The number of rotatable bonds is 4. The molecule has 29 heavy (non-hydrogen) atoms. The Kier molecular flexibility index (Phi) is 4.70. The Morgan fingerprint density at radius 3 is 2.45 bits per heavy atom. The van der Waals surface area contributed by atoms with E-state index < -0.39 is 0 Å². The van der Waals surface area contributed by atoms with E-state index in [0.717, 1.165) is 28.2 Å². The van der Waals surface area contributed by atoms with Crippen molar-refractivity contribution in [1.82, 2.24) is 19.7 Å². The molecule has 0 bridgehead atoms. The Hall–Kier alpha value is -3.42. The largest absolute Gasteiger partial charge is 0.497 e. The number of nitrogens with one attached hydrogen (secondary N) is 1. The number of aryl methyl sites for hydroxylation is 3. The fraction of sp³-hybridized carbons (Fsp3) is 0.333. The zero-order chi connectivity index (χ0) is 20.7. The number of nitrogens with zero attached hydrogens (tertiary/aromatic N) is 4. The molecule has 4 rings (SSSR count). The topological polar surface area (TPSA) is 91.2 Å². The summed E-state index contributed by atoms with van der Waals surface area (Å²) in [5, 5.41) is 7.62. The molecule has 3 aromatic rings. The van der Waals surface area contributed by atoms with Crippen molar-refractivity contribution in [3.63, 3.8) is 0 Å². The van der Waals surface area contributed by atoms with Crippen molar-refractivity contribution in [3.8, 4) is 17.4 Å². The predicted octanol–water partition coefficient (Wildman–Crippen LogP) is 3.08. The van der Waals surface area contributed by atoms with Crippen LogP contribution in [-0.4, -0.2) is 39.9 Å². The summed E-state index contributed by atoms with van der Waals surface area (Å²) in [5.41, 5.74) is 4.29. The zero-order valence-corrected chi connectivity index (χ0v) is 17.1. The van der Waals surface area contributed by atoms with Crippen LogP contribution in [-0.2, 0) is 4.79 Å². The van der Waals surface area contributed by atoms with Crippen molar-refractivity contribution in [2.45, 2.75) is 33.1 Å². The van der Waals surface area contributed by atoms with Gasteiger partial charge in [0.15, 0.2) is 0 Å². The maximum Gasteiger partial charge on any atom is 0.252 e. The predicted molar refractivity (Wildman–Crippen MR) is 108 cm³/mol. The molecule has 8 heteroatoms. The normalized spacial score (nSPS) is 15.6. The van der Waals surface area contributed by atoms with Gasteiger partial charge in [-0.05, 0) is 45.0 Å². The Bertz CT molecular complexity index is 1090. The number of aromatic nitrogens is 4. The highest BCUT2D eigenvalue weighted by molar-refractivity contribution is 5.95. The van der Waals surface area contributed by atoms with Gasteiger partial charge in [-0.2, -0.15) is 9.78 Å². The van der Waals surface area contributed by atoms with Gasteiger partial charge < -0.3 is 14.8 Å². The molecule has 1 amide bonds. The molecular formula is C21H23N5O3. The third kappa shape index (κ3) is 3.30. The Morgan fingerprint density at radius 1 is 1.07 bits per heavy atom. The van der Waals surface area contributed by atoms with E-state index >= 15 is 0 Å². The van der Waals surface area contributed by atoms with Gasteiger partial charge in [-0.15, -0.1) is 0 Å². The third-order valence-corrected chi connectivity index (χ3v) is 5.07. The molecule has 1 aliphatic heterocycles. The van der Waals surface area contributed by atoms with E-state index in [1.165, 1.54) is 0 Å². The van der Waals surface area contributed by atoms with E-state index in [4.69, 9.17) is 9.47 Å². The molecule has 1 atom stereocenters. The van der Waals surface area contributed by atoms with Gasteiger partial charge in [-0.25, -0.2) is 9.97 Å². The van der Waals surface area contributed by atoms with E-state index in [1.54, 1.807) is 18.9 Å². The number of methoxy groups -OCH3 is 2. The highest BCUT2D eigenvalue weighted by Crippen LogP contribution is 2.43. The lowest BCUT2D eigenvalue weighted by Gasteiger charge is -2.25. The van der Waals surface area contributed by atoms with Crippen LogP contribution in [0.4, 0.5) is 5.82 Å². The highest BCUT2D eigenvalue weighted by Gasteiger charge is 2.35. The Balaban J connectivity index is 1.91. The lowest BCUT2D eigenvalue weighted by Crippen LogP contribution is -2.25. The molecule has 0 spiro atoms. The van der Waals surface area contributed by atoms with Gasteiger partial charge in [0.1, 0.15) is 17.3 Å². The fourth-order valence-electron chi connectivity index (χ4n) is 3.87. The maximum atomic E-state index is 12.6. The summed E-state index contributed by atoms with van der Waals surface area (Å²) in [7, 11) is 3.24. The molecule has 0 unspecified atom stereocenters. The van der Waals surface area contributed by atoms with Crippen LogP contribution in [0.5, 0.6) is 11.5 Å². The minimum atomic E-state index is -0.219. The summed E-state index contributed by atoms with van der Waals surface area (Å²) in [6.07, 6.45) is 0.288. The van der Waals surface area contributed by atoms with E-state index in [9.17, 15) is 4.79 Å². The molecule has 1 aromatic carbocycles. The molecule has 0 radical (unpaired) electrons. The number of carbonyl (C=O) groups excluding carboxylic acids is 1. The smallest absolute Gasteiger partial charge is 0.252 e. The van der Waals surface area contributed by atoms with Crippen LogP contribution in [0.2, 0.25) is 0 Å². The van der Waals surface area contributed by atoms with Crippen LogP contribution in [0.15, 0.2) is 24.3 Å². The van der Waals surface area contributed by atoms with Gasteiger partial charge in [-0.1, -0.05) is 0 Å². The maximum absolute atomic E-state index is 12.6. The van der Waals surface area contributed by atoms with Gasteiger partial charge in [0.05, 0.1) is 19.9 Å². The molecule has 3 heterocycles. The van der Waals surface area contributed by atoms with E-state index in [-0.39, 0.29) is 18.2 Å². The molecule has 0 saturated carbocycles. The van der Waals surface area contributed by atoms with Gasteiger partial charge in [-0.3, -0.25) is 4.79 Å². The molecule has 0 aliphatic carbocycles. The summed E-state index contributed by atoms with van der Waals surface area (Å²) in [6, 6.07) is 7.50. The van der Waals surface area contributed by atoms with E-state index in [1.807, 2.05) is 45.0 Å². The van der Waals surface area contributed by atoms with Crippen LogP contribution in [0, 0.1) is 20.8 Å². The van der Waals surface area contributed by atoms with Crippen LogP contribution in [0.3, 0.4) is 0 Å². The minimum Gasteiger partial charge on any atom is -0.497 e. The highest BCUT2D eigenvalue weighted by atomic mass is 16.5. The number of amides is 1. The van der Waals surface area contributed by atoms with Crippen molar-refractivity contribution >= 4 is 11.7 Å². The van der Waals surface area contributed by atoms with E-state index in [0.29, 0.717) is 23.3 Å². The molecule has 150 valence electrons. The zero-order valence-electron chi connectivity index (χ0n) is 17.1. The molecule has 2 aromatic heterocycles. The van der Waals surface area contributed by atoms with Crippen LogP contribution >= 0.6 is 0 Å². The minimum absolute atomic E-state index is 0.0992. The summed E-state index contributed by atoms with van der Waals surface area (Å²) in [5.74, 6) is 2.12. The lowest BCUT2D eigenvalue weighted by atomic mass is 9.85. The molecule has 0 saturated heterocycles. The number of ether oxygens (including phenoxy) is 2. The third-order valence-electron chi connectivity index (χ3n) is 5.07. The van der Waals surface area contributed by atoms with Crippen molar-refractivity contribution < 1.29 is 14.3 Å². The lowest BCUT2D eigenvalue weighted by molar-refractivity contribution is -0.116. The standard InChI is InChI=1S/C21H23N5O3/c1-11-8-12(2)23-21(22-11)26-20-19(13(3)25-26)16(10-18(27)24-20)15-9-14(28-4)6-7-17(15)29-5/h6-9,16H,10H2,1-5H3,(H,24,27)/t16-/m0/s1. The number of hydrogen-bond acceptors (Lipinski definition) is 6. The second kappa shape index (κ2) is 7.20.